The number of aliphatic carboxylic acids is 2. The van der Waals surface area contributed by atoms with Gasteiger partial charge in [0.15, 0.2) is 0 Å². The number of nitrogens with one attached hydrogen (secondary N) is 2. The fourth-order valence-corrected chi connectivity index (χ4v) is 1.97. The molecule has 102 valence electrons. The zero-order valence-electron chi connectivity index (χ0n) is 10.2. The monoisotopic (exact) mass is 258 g/mol. The molecule has 1 saturated heterocycles. The summed E-state index contributed by atoms with van der Waals surface area (Å²) < 4.78 is 0. The van der Waals surface area contributed by atoms with Crippen LogP contribution in [0.15, 0.2) is 0 Å². The highest BCUT2D eigenvalue weighted by Crippen LogP contribution is 2.16. The number of hydrogen-bond acceptors (Lipinski definition) is 4. The molecule has 0 spiro atoms. The number of carboxylic acids is 2. The second-order valence-electron chi connectivity index (χ2n) is 4.57. The van der Waals surface area contributed by atoms with Crippen molar-refractivity contribution in [3.05, 3.63) is 0 Å². The normalized spacial score (nSPS) is 24.5. The zero-order valence-corrected chi connectivity index (χ0v) is 10.2. The van der Waals surface area contributed by atoms with E-state index >= 15 is 0 Å². The maximum atomic E-state index is 11.9. The van der Waals surface area contributed by atoms with Crippen molar-refractivity contribution in [2.24, 2.45) is 11.8 Å². The summed E-state index contributed by atoms with van der Waals surface area (Å²) in [6.45, 7) is 3.17. The number of carboxylic acid groups (broad SMARTS) is 2. The lowest BCUT2D eigenvalue weighted by molar-refractivity contribution is -0.143. The highest BCUT2D eigenvalue weighted by molar-refractivity contribution is 5.85. The van der Waals surface area contributed by atoms with Crippen molar-refractivity contribution < 1.29 is 24.6 Å². The second kappa shape index (κ2) is 6.34. The Morgan fingerprint density at radius 1 is 1.33 bits per heavy atom. The minimum atomic E-state index is -1.21. The molecule has 4 N–H and O–H groups in total. The summed E-state index contributed by atoms with van der Waals surface area (Å²) in [7, 11) is 0. The summed E-state index contributed by atoms with van der Waals surface area (Å²) in [6.07, 6.45) is -0.388. The van der Waals surface area contributed by atoms with Gasteiger partial charge in [0.25, 0.3) is 0 Å². The maximum absolute atomic E-state index is 11.9. The molecule has 1 fully saturated rings. The first-order chi connectivity index (χ1) is 8.41. The van der Waals surface area contributed by atoms with Crippen molar-refractivity contribution in [1.29, 1.82) is 0 Å². The molecule has 1 aliphatic rings. The molecule has 0 aromatic heterocycles. The van der Waals surface area contributed by atoms with Gasteiger partial charge in [0.2, 0.25) is 5.91 Å². The predicted molar refractivity (Wildman–Crippen MR) is 62.0 cm³/mol. The van der Waals surface area contributed by atoms with E-state index in [2.05, 4.69) is 10.6 Å². The Balaban J connectivity index is 2.52. The average Bonchev–Trinajstić information content (AvgIpc) is 2.69. The predicted octanol–water partition coefficient (Wildman–Crippen LogP) is -0.724. The number of carbonyl (C=O) groups is 3. The minimum Gasteiger partial charge on any atom is -0.481 e. The van der Waals surface area contributed by atoms with Crippen molar-refractivity contribution >= 4 is 17.8 Å². The van der Waals surface area contributed by atoms with Gasteiger partial charge >= 0.3 is 11.9 Å². The number of carbonyl (C=O) groups excluding carboxylic acids is 1. The van der Waals surface area contributed by atoms with E-state index in [-0.39, 0.29) is 30.6 Å². The van der Waals surface area contributed by atoms with Gasteiger partial charge in [0.1, 0.15) is 6.04 Å². The molecular weight excluding hydrogens is 240 g/mol. The Kier molecular flexibility index (Phi) is 5.08. The lowest BCUT2D eigenvalue weighted by Gasteiger charge is -2.18. The quantitative estimate of drug-likeness (QED) is 0.499. The summed E-state index contributed by atoms with van der Waals surface area (Å²) >= 11 is 0. The van der Waals surface area contributed by atoms with Crippen LogP contribution in [0.5, 0.6) is 0 Å². The van der Waals surface area contributed by atoms with Gasteiger partial charge in [-0.3, -0.25) is 9.59 Å². The Labute approximate surface area is 105 Å². The van der Waals surface area contributed by atoms with E-state index in [4.69, 9.17) is 10.2 Å². The lowest BCUT2D eigenvalue weighted by Crippen LogP contribution is -2.45. The Morgan fingerprint density at radius 2 is 2.00 bits per heavy atom. The topological polar surface area (TPSA) is 116 Å². The molecule has 7 heteroatoms. The molecule has 0 aromatic rings. The second-order valence-corrected chi connectivity index (χ2v) is 4.57. The number of amides is 1. The fraction of sp³-hybridized carbons (Fsp3) is 0.727. The van der Waals surface area contributed by atoms with E-state index in [0.29, 0.717) is 6.54 Å². The maximum Gasteiger partial charge on any atom is 0.326 e. The van der Waals surface area contributed by atoms with Crippen molar-refractivity contribution in [3.63, 3.8) is 0 Å². The molecule has 3 atom stereocenters. The molecule has 0 saturated carbocycles. The van der Waals surface area contributed by atoms with E-state index in [1.165, 1.54) is 0 Å². The molecule has 7 nitrogen and oxygen atoms in total. The van der Waals surface area contributed by atoms with Crippen LogP contribution in [0.25, 0.3) is 0 Å². The fourth-order valence-electron chi connectivity index (χ4n) is 1.97. The zero-order chi connectivity index (χ0) is 13.7. The van der Waals surface area contributed by atoms with Crippen LogP contribution in [0.4, 0.5) is 0 Å². The summed E-state index contributed by atoms with van der Waals surface area (Å²) in [5, 5.41) is 22.9. The molecule has 0 radical (unpaired) electrons. The summed E-state index contributed by atoms with van der Waals surface area (Å²) in [4.78, 5) is 33.2. The Morgan fingerprint density at radius 3 is 2.44 bits per heavy atom. The van der Waals surface area contributed by atoms with E-state index in [9.17, 15) is 14.4 Å². The lowest BCUT2D eigenvalue weighted by atomic mass is 9.96. The van der Waals surface area contributed by atoms with E-state index in [1.54, 1.807) is 0 Å². The van der Waals surface area contributed by atoms with Crippen LogP contribution in [0.1, 0.15) is 19.8 Å². The first-order valence-electron chi connectivity index (χ1n) is 5.87. The molecule has 0 aliphatic carbocycles. The molecule has 1 heterocycles. The van der Waals surface area contributed by atoms with Crippen molar-refractivity contribution in [2.45, 2.75) is 25.8 Å². The third-order valence-electron chi connectivity index (χ3n) is 3.12. The summed E-state index contributed by atoms with van der Waals surface area (Å²) in [6, 6.07) is -1.14. The molecule has 2 unspecified atom stereocenters. The largest absolute Gasteiger partial charge is 0.481 e. The summed E-state index contributed by atoms with van der Waals surface area (Å²) in [5.41, 5.74) is 0. The third kappa shape index (κ3) is 3.99. The van der Waals surface area contributed by atoms with Crippen molar-refractivity contribution in [3.8, 4) is 0 Å². The van der Waals surface area contributed by atoms with Crippen LogP contribution < -0.4 is 10.6 Å². The molecule has 1 rings (SSSR count). The van der Waals surface area contributed by atoms with Crippen molar-refractivity contribution in [2.75, 3.05) is 13.1 Å². The number of rotatable bonds is 6. The SMILES string of the molecule is CC1CNCC1C(=O)N[C@@H](CCC(=O)O)C(=O)O. The van der Waals surface area contributed by atoms with Gasteiger partial charge in [0.05, 0.1) is 5.92 Å². The Bertz CT molecular complexity index is 344. The van der Waals surface area contributed by atoms with Gasteiger partial charge in [-0.15, -0.1) is 0 Å². The molecule has 0 bridgehead atoms. The molecular formula is C11H18N2O5. The van der Waals surface area contributed by atoms with Crippen LogP contribution in [-0.4, -0.2) is 47.2 Å². The minimum absolute atomic E-state index is 0.106. The van der Waals surface area contributed by atoms with Crippen molar-refractivity contribution in [1.82, 2.24) is 10.6 Å². The third-order valence-corrected chi connectivity index (χ3v) is 3.12. The first-order valence-corrected chi connectivity index (χ1v) is 5.87. The smallest absolute Gasteiger partial charge is 0.326 e. The van der Waals surface area contributed by atoms with Gasteiger partial charge in [0, 0.05) is 13.0 Å². The Hall–Kier alpha value is -1.63. The van der Waals surface area contributed by atoms with Gasteiger partial charge in [-0.2, -0.15) is 0 Å². The number of hydrogen-bond donors (Lipinski definition) is 4. The molecule has 1 aliphatic heterocycles. The van der Waals surface area contributed by atoms with Gasteiger partial charge in [-0.25, -0.2) is 4.79 Å². The highest BCUT2D eigenvalue weighted by Gasteiger charge is 2.32. The van der Waals surface area contributed by atoms with Crippen LogP contribution in [0, 0.1) is 11.8 Å². The van der Waals surface area contributed by atoms with E-state index in [1.807, 2.05) is 6.92 Å². The van der Waals surface area contributed by atoms with Gasteiger partial charge in [-0.05, 0) is 18.9 Å². The summed E-state index contributed by atoms with van der Waals surface area (Å²) in [5.74, 6) is -2.71. The molecule has 0 aromatic carbocycles. The highest BCUT2D eigenvalue weighted by atomic mass is 16.4. The van der Waals surface area contributed by atoms with Crippen LogP contribution >= 0.6 is 0 Å². The first kappa shape index (κ1) is 14.4. The van der Waals surface area contributed by atoms with Crippen LogP contribution in [-0.2, 0) is 14.4 Å². The molecule has 1 amide bonds. The molecule has 18 heavy (non-hydrogen) atoms. The average molecular weight is 258 g/mol. The van der Waals surface area contributed by atoms with Crippen LogP contribution in [0.3, 0.4) is 0 Å². The van der Waals surface area contributed by atoms with E-state index in [0.717, 1.165) is 6.54 Å². The van der Waals surface area contributed by atoms with Gasteiger partial charge in [-0.1, -0.05) is 6.92 Å². The standard InChI is InChI=1S/C11H18N2O5/c1-6-4-12-5-7(6)10(16)13-8(11(17)18)2-3-9(14)15/h6-8,12H,2-5H2,1H3,(H,13,16)(H,14,15)(H,17,18)/t6?,7?,8-/m0/s1. The van der Waals surface area contributed by atoms with Gasteiger partial charge < -0.3 is 20.8 Å². The van der Waals surface area contributed by atoms with Crippen LogP contribution in [0.2, 0.25) is 0 Å². The van der Waals surface area contributed by atoms with E-state index < -0.39 is 18.0 Å².